The highest BCUT2D eigenvalue weighted by atomic mass is 31.2. The van der Waals surface area contributed by atoms with Crippen LogP contribution in [-0.4, -0.2) is 27.9 Å². The van der Waals surface area contributed by atoms with Crippen LogP contribution < -0.4 is 0 Å². The molecule has 66 valence electrons. The van der Waals surface area contributed by atoms with Gasteiger partial charge in [-0.05, 0) is 12.8 Å². The van der Waals surface area contributed by atoms with Gasteiger partial charge in [0.2, 0.25) is 0 Å². The Kier molecular flexibility index (Phi) is 3.04. The predicted octanol–water partition coefficient (Wildman–Crippen LogP) is 0.497. The van der Waals surface area contributed by atoms with Crippen molar-refractivity contribution in [1.82, 2.24) is 5.06 Å². The van der Waals surface area contributed by atoms with Gasteiger partial charge in [0.1, 0.15) is 0 Å². The third kappa shape index (κ3) is 3.84. The zero-order valence-corrected chi connectivity index (χ0v) is 7.04. The number of phosphoric acid groups is 1. The second-order valence-electron chi connectivity index (χ2n) is 2.56. The molecule has 0 unspecified atom stereocenters. The first-order valence-corrected chi connectivity index (χ1v) is 5.11. The monoisotopic (exact) mass is 181 g/mol. The van der Waals surface area contributed by atoms with Crippen LogP contribution in [0.2, 0.25) is 0 Å². The Labute approximate surface area is 65.2 Å². The lowest BCUT2D eigenvalue weighted by atomic mass is 10.2. The minimum Gasteiger partial charge on any atom is -0.302 e. The van der Waals surface area contributed by atoms with Crippen LogP contribution in [0.15, 0.2) is 0 Å². The van der Waals surface area contributed by atoms with Crippen LogP contribution >= 0.6 is 7.82 Å². The molecule has 0 atom stereocenters. The Bertz CT molecular complexity index is 162. The van der Waals surface area contributed by atoms with Crippen molar-refractivity contribution >= 4 is 7.82 Å². The second-order valence-corrected chi connectivity index (χ2v) is 3.71. The van der Waals surface area contributed by atoms with Crippen LogP contribution in [0, 0.1) is 0 Å². The molecule has 1 rings (SSSR count). The second kappa shape index (κ2) is 3.65. The molecule has 1 saturated heterocycles. The zero-order chi connectivity index (χ0) is 8.32. The Hall–Kier alpha value is 0.0700. The zero-order valence-electron chi connectivity index (χ0n) is 6.14. The first-order chi connectivity index (χ1) is 5.08. The molecule has 11 heavy (non-hydrogen) atoms. The van der Waals surface area contributed by atoms with E-state index in [-0.39, 0.29) is 0 Å². The van der Waals surface area contributed by atoms with E-state index in [1.165, 1.54) is 5.06 Å². The molecule has 1 heterocycles. The first-order valence-electron chi connectivity index (χ1n) is 3.58. The molecule has 5 nitrogen and oxygen atoms in total. The molecule has 0 amide bonds. The number of hydrogen-bond donors (Lipinski definition) is 2. The third-order valence-electron chi connectivity index (χ3n) is 1.54. The van der Waals surface area contributed by atoms with Crippen LogP contribution in [0.25, 0.3) is 0 Å². The molecular formula is C5H12NO4P. The van der Waals surface area contributed by atoms with Crippen molar-refractivity contribution in [2.24, 2.45) is 0 Å². The van der Waals surface area contributed by atoms with Gasteiger partial charge in [0.25, 0.3) is 0 Å². The van der Waals surface area contributed by atoms with E-state index in [0.29, 0.717) is 13.1 Å². The number of rotatable bonds is 2. The van der Waals surface area contributed by atoms with Gasteiger partial charge in [0.15, 0.2) is 0 Å². The Morgan fingerprint density at radius 2 is 1.73 bits per heavy atom. The van der Waals surface area contributed by atoms with E-state index in [9.17, 15) is 4.57 Å². The minimum absolute atomic E-state index is 0.616. The van der Waals surface area contributed by atoms with Gasteiger partial charge in [-0.1, -0.05) is 6.42 Å². The van der Waals surface area contributed by atoms with Gasteiger partial charge in [0, 0.05) is 13.1 Å². The molecule has 2 N–H and O–H groups in total. The lowest BCUT2D eigenvalue weighted by Crippen LogP contribution is -2.28. The van der Waals surface area contributed by atoms with Crippen molar-refractivity contribution in [2.75, 3.05) is 13.1 Å². The molecule has 0 aromatic heterocycles. The highest BCUT2D eigenvalue weighted by Crippen LogP contribution is 2.37. The molecule has 1 fully saturated rings. The molecule has 1 aliphatic rings. The molecule has 0 bridgehead atoms. The molecule has 1 aliphatic heterocycles. The predicted molar refractivity (Wildman–Crippen MR) is 38.6 cm³/mol. The summed E-state index contributed by atoms with van der Waals surface area (Å²) in [5.74, 6) is 0. The van der Waals surface area contributed by atoms with Crippen molar-refractivity contribution in [2.45, 2.75) is 19.3 Å². The molecule has 0 saturated carbocycles. The summed E-state index contributed by atoms with van der Waals surface area (Å²) in [5, 5.41) is 1.34. The van der Waals surface area contributed by atoms with Gasteiger partial charge in [-0.15, -0.1) is 0 Å². The fourth-order valence-electron chi connectivity index (χ4n) is 1.10. The van der Waals surface area contributed by atoms with Gasteiger partial charge < -0.3 is 9.79 Å². The standard InChI is InChI=1S/C5H12NO4P/c7-11(8,9)10-6-4-2-1-3-5-6/h1-5H2,(H2,7,8,9). The van der Waals surface area contributed by atoms with Crippen LogP contribution in [0.1, 0.15) is 19.3 Å². The van der Waals surface area contributed by atoms with Gasteiger partial charge in [-0.25, -0.2) is 4.57 Å². The van der Waals surface area contributed by atoms with E-state index in [4.69, 9.17) is 9.79 Å². The van der Waals surface area contributed by atoms with E-state index in [1.54, 1.807) is 0 Å². The number of piperidine rings is 1. The maximum absolute atomic E-state index is 10.3. The highest BCUT2D eigenvalue weighted by Gasteiger charge is 2.21. The van der Waals surface area contributed by atoms with Crippen molar-refractivity contribution in [1.29, 1.82) is 0 Å². The fourth-order valence-corrected chi connectivity index (χ4v) is 1.56. The van der Waals surface area contributed by atoms with Gasteiger partial charge in [0.05, 0.1) is 0 Å². The largest absolute Gasteiger partial charge is 0.486 e. The molecular weight excluding hydrogens is 169 g/mol. The summed E-state index contributed by atoms with van der Waals surface area (Å²) in [5.41, 5.74) is 0. The molecule has 0 aromatic carbocycles. The van der Waals surface area contributed by atoms with E-state index in [0.717, 1.165) is 19.3 Å². The number of hydrogen-bond acceptors (Lipinski definition) is 3. The summed E-state index contributed by atoms with van der Waals surface area (Å²) in [4.78, 5) is 16.8. The molecule has 6 heteroatoms. The number of hydroxylamine groups is 2. The summed E-state index contributed by atoms with van der Waals surface area (Å²) in [7, 11) is -4.31. The Morgan fingerprint density at radius 3 is 2.18 bits per heavy atom. The normalized spacial score (nSPS) is 22.0. The molecule has 0 aliphatic carbocycles. The Morgan fingerprint density at radius 1 is 1.18 bits per heavy atom. The Balaban J connectivity index is 2.30. The van der Waals surface area contributed by atoms with Crippen molar-refractivity contribution in [3.05, 3.63) is 0 Å². The fraction of sp³-hybridized carbons (Fsp3) is 1.00. The average Bonchev–Trinajstić information content (AvgIpc) is 1.85. The van der Waals surface area contributed by atoms with E-state index in [2.05, 4.69) is 4.62 Å². The lowest BCUT2D eigenvalue weighted by molar-refractivity contribution is -0.0927. The van der Waals surface area contributed by atoms with Crippen molar-refractivity contribution in [3.8, 4) is 0 Å². The van der Waals surface area contributed by atoms with Gasteiger partial charge >= 0.3 is 7.82 Å². The van der Waals surface area contributed by atoms with Crippen LogP contribution in [0.5, 0.6) is 0 Å². The summed E-state index contributed by atoms with van der Waals surface area (Å²) in [6, 6.07) is 0. The van der Waals surface area contributed by atoms with Crippen molar-refractivity contribution in [3.63, 3.8) is 0 Å². The summed E-state index contributed by atoms with van der Waals surface area (Å²) < 4.78 is 14.7. The lowest BCUT2D eigenvalue weighted by Gasteiger charge is -2.24. The summed E-state index contributed by atoms with van der Waals surface area (Å²) in [6.07, 6.45) is 3.00. The van der Waals surface area contributed by atoms with Crippen LogP contribution in [0.4, 0.5) is 0 Å². The van der Waals surface area contributed by atoms with E-state index < -0.39 is 7.82 Å². The van der Waals surface area contributed by atoms with Crippen molar-refractivity contribution < 1.29 is 19.0 Å². The highest BCUT2D eigenvalue weighted by molar-refractivity contribution is 7.46. The van der Waals surface area contributed by atoms with Crippen LogP contribution in [0.3, 0.4) is 0 Å². The van der Waals surface area contributed by atoms with Gasteiger partial charge in [-0.3, -0.25) is 0 Å². The third-order valence-corrected chi connectivity index (χ3v) is 1.98. The maximum Gasteiger partial charge on any atom is 0.486 e. The quantitative estimate of drug-likeness (QED) is 0.607. The topological polar surface area (TPSA) is 70.0 Å². The van der Waals surface area contributed by atoms with E-state index in [1.807, 2.05) is 0 Å². The first kappa shape index (κ1) is 9.16. The molecule has 0 aromatic rings. The number of nitrogens with zero attached hydrogens (tertiary/aromatic N) is 1. The minimum atomic E-state index is -4.31. The maximum atomic E-state index is 10.3. The smallest absolute Gasteiger partial charge is 0.302 e. The average molecular weight is 181 g/mol. The summed E-state index contributed by atoms with van der Waals surface area (Å²) >= 11 is 0. The van der Waals surface area contributed by atoms with Crippen LogP contribution in [-0.2, 0) is 9.19 Å². The SMILES string of the molecule is O=P(O)(O)ON1CCCCC1. The molecule has 0 radical (unpaired) electrons. The van der Waals surface area contributed by atoms with Gasteiger partial charge in [-0.2, -0.15) is 9.69 Å². The van der Waals surface area contributed by atoms with E-state index >= 15 is 0 Å². The summed E-state index contributed by atoms with van der Waals surface area (Å²) in [6.45, 7) is 1.23. The molecule has 0 spiro atoms.